The summed E-state index contributed by atoms with van der Waals surface area (Å²) in [6.45, 7) is 0.527. The molecule has 2 rings (SSSR count). The number of anilines is 1. The predicted octanol–water partition coefficient (Wildman–Crippen LogP) is 0.443. The molecule has 0 atom stereocenters. The van der Waals surface area contributed by atoms with Crippen LogP contribution in [-0.4, -0.2) is 16.2 Å². The molecule has 1 aromatic rings. The van der Waals surface area contributed by atoms with Gasteiger partial charge in [-0.15, -0.1) is 0 Å². The van der Waals surface area contributed by atoms with Crippen LogP contribution in [0.1, 0.15) is 18.5 Å². The highest BCUT2D eigenvalue weighted by Gasteiger charge is 2.21. The molecule has 1 aromatic heterocycles. The largest absolute Gasteiger partial charge is 0.366 e. The fourth-order valence-electron chi connectivity index (χ4n) is 0.977. The second-order valence-corrected chi connectivity index (χ2v) is 2.90. The van der Waals surface area contributed by atoms with Gasteiger partial charge in [-0.1, -0.05) is 0 Å². The lowest BCUT2D eigenvalue weighted by Gasteiger charge is -1.95. The first-order valence-electron chi connectivity index (χ1n) is 3.89. The maximum absolute atomic E-state index is 5.41. The van der Waals surface area contributed by atoms with Crippen LogP contribution in [0.5, 0.6) is 0 Å². The lowest BCUT2D eigenvalue weighted by atomic mass is 10.4. The summed E-state index contributed by atoms with van der Waals surface area (Å²) in [5.41, 5.74) is 6.39. The number of aromatic amines is 1. The van der Waals surface area contributed by atoms with E-state index in [0.29, 0.717) is 12.6 Å². The van der Waals surface area contributed by atoms with Crippen molar-refractivity contribution < 1.29 is 0 Å². The maximum atomic E-state index is 5.41. The van der Waals surface area contributed by atoms with Gasteiger partial charge in [0.05, 0.1) is 5.69 Å². The number of hydrogen-bond donors (Lipinski definition) is 3. The van der Waals surface area contributed by atoms with E-state index in [1.807, 2.05) is 6.07 Å². The van der Waals surface area contributed by atoms with Crippen LogP contribution in [0.25, 0.3) is 0 Å². The summed E-state index contributed by atoms with van der Waals surface area (Å²) in [6.07, 6.45) is 2.54. The normalized spacial score (nSPS) is 16.8. The molecular formula is C7H12N4. The van der Waals surface area contributed by atoms with Crippen LogP contribution in [-0.2, 0) is 6.54 Å². The van der Waals surface area contributed by atoms with E-state index >= 15 is 0 Å². The second-order valence-electron chi connectivity index (χ2n) is 2.90. The minimum Gasteiger partial charge on any atom is -0.366 e. The summed E-state index contributed by atoms with van der Waals surface area (Å²) in [5.74, 6) is 0.924. The molecule has 1 fully saturated rings. The van der Waals surface area contributed by atoms with Gasteiger partial charge in [0.1, 0.15) is 5.82 Å². The average molecular weight is 152 g/mol. The van der Waals surface area contributed by atoms with Gasteiger partial charge in [0.15, 0.2) is 0 Å². The molecule has 11 heavy (non-hydrogen) atoms. The molecule has 0 bridgehead atoms. The Balaban J connectivity index is 1.99. The maximum Gasteiger partial charge on any atom is 0.148 e. The van der Waals surface area contributed by atoms with Crippen molar-refractivity contribution in [3.8, 4) is 0 Å². The Bertz CT molecular complexity index is 238. The number of hydrogen-bond acceptors (Lipinski definition) is 3. The third-order valence-electron chi connectivity index (χ3n) is 1.78. The third-order valence-corrected chi connectivity index (χ3v) is 1.78. The molecule has 60 valence electrons. The molecule has 0 amide bonds. The van der Waals surface area contributed by atoms with Gasteiger partial charge in [-0.05, 0) is 12.8 Å². The van der Waals surface area contributed by atoms with Crippen molar-refractivity contribution in [3.05, 3.63) is 11.8 Å². The first-order chi connectivity index (χ1) is 5.38. The van der Waals surface area contributed by atoms with E-state index in [4.69, 9.17) is 5.73 Å². The Labute approximate surface area is 65.2 Å². The van der Waals surface area contributed by atoms with E-state index in [0.717, 1.165) is 11.5 Å². The number of aromatic nitrogens is 2. The van der Waals surface area contributed by atoms with Crippen molar-refractivity contribution in [2.24, 2.45) is 5.73 Å². The van der Waals surface area contributed by atoms with E-state index in [-0.39, 0.29) is 0 Å². The number of nitrogens with two attached hydrogens (primary N) is 1. The molecule has 1 aliphatic rings. The van der Waals surface area contributed by atoms with Gasteiger partial charge in [0.2, 0.25) is 0 Å². The zero-order chi connectivity index (χ0) is 7.68. The molecule has 4 nitrogen and oxygen atoms in total. The summed E-state index contributed by atoms with van der Waals surface area (Å²) in [4.78, 5) is 0. The Kier molecular flexibility index (Phi) is 1.54. The van der Waals surface area contributed by atoms with Crippen LogP contribution in [0.4, 0.5) is 5.82 Å². The minimum atomic E-state index is 0.527. The molecule has 1 heterocycles. The Hall–Kier alpha value is -1.03. The summed E-state index contributed by atoms with van der Waals surface area (Å²) >= 11 is 0. The molecular weight excluding hydrogens is 140 g/mol. The van der Waals surface area contributed by atoms with Gasteiger partial charge in [-0.25, -0.2) is 0 Å². The lowest BCUT2D eigenvalue weighted by molar-refractivity contribution is 0.944. The molecule has 0 aromatic carbocycles. The molecule has 0 spiro atoms. The molecule has 4 heteroatoms. The molecule has 0 aliphatic heterocycles. The van der Waals surface area contributed by atoms with Crippen LogP contribution in [0.3, 0.4) is 0 Å². The molecule has 0 unspecified atom stereocenters. The van der Waals surface area contributed by atoms with E-state index in [1.54, 1.807) is 0 Å². The van der Waals surface area contributed by atoms with Crippen LogP contribution < -0.4 is 11.1 Å². The lowest BCUT2D eigenvalue weighted by Crippen LogP contribution is -2.00. The van der Waals surface area contributed by atoms with E-state index < -0.39 is 0 Å². The van der Waals surface area contributed by atoms with Crippen molar-refractivity contribution in [3.63, 3.8) is 0 Å². The summed E-state index contributed by atoms with van der Waals surface area (Å²) in [5, 5.41) is 10.2. The average Bonchev–Trinajstić information content (AvgIpc) is 2.68. The van der Waals surface area contributed by atoms with Crippen molar-refractivity contribution in [2.45, 2.75) is 25.4 Å². The first-order valence-corrected chi connectivity index (χ1v) is 3.89. The predicted molar refractivity (Wildman–Crippen MR) is 43.1 cm³/mol. The highest BCUT2D eigenvalue weighted by atomic mass is 15.2. The number of nitrogens with one attached hydrogen (secondary N) is 2. The van der Waals surface area contributed by atoms with E-state index in [2.05, 4.69) is 15.5 Å². The molecule has 0 saturated heterocycles. The van der Waals surface area contributed by atoms with Crippen LogP contribution in [0.2, 0.25) is 0 Å². The van der Waals surface area contributed by atoms with E-state index in [1.165, 1.54) is 12.8 Å². The van der Waals surface area contributed by atoms with Gasteiger partial charge in [-0.3, -0.25) is 5.10 Å². The van der Waals surface area contributed by atoms with Gasteiger partial charge in [0, 0.05) is 18.7 Å². The summed E-state index contributed by atoms with van der Waals surface area (Å²) in [7, 11) is 0. The van der Waals surface area contributed by atoms with Crippen LogP contribution in [0, 0.1) is 0 Å². The van der Waals surface area contributed by atoms with Gasteiger partial charge in [0.25, 0.3) is 0 Å². The second kappa shape index (κ2) is 2.54. The fraction of sp³-hybridized carbons (Fsp3) is 0.571. The quantitative estimate of drug-likeness (QED) is 0.589. The topological polar surface area (TPSA) is 66.7 Å². The molecule has 1 saturated carbocycles. The number of rotatable bonds is 3. The zero-order valence-electron chi connectivity index (χ0n) is 6.30. The van der Waals surface area contributed by atoms with Crippen LogP contribution in [0.15, 0.2) is 6.07 Å². The smallest absolute Gasteiger partial charge is 0.148 e. The Morgan fingerprint density at radius 2 is 2.55 bits per heavy atom. The fourth-order valence-corrected chi connectivity index (χ4v) is 0.977. The standard InChI is InChI=1S/C7H12N4/c8-4-6-3-7(11-10-6)9-5-1-2-5/h3,5H,1-2,4,8H2,(H2,9,10,11). The van der Waals surface area contributed by atoms with Crippen LogP contribution >= 0.6 is 0 Å². The SMILES string of the molecule is NCc1cc(NC2CC2)n[nH]1. The number of nitrogens with zero attached hydrogens (tertiary/aromatic N) is 1. The first kappa shape index (κ1) is 6.67. The molecule has 1 aliphatic carbocycles. The summed E-state index contributed by atoms with van der Waals surface area (Å²) in [6, 6.07) is 2.61. The van der Waals surface area contributed by atoms with Gasteiger partial charge < -0.3 is 11.1 Å². The van der Waals surface area contributed by atoms with Gasteiger partial charge in [-0.2, -0.15) is 5.10 Å². The van der Waals surface area contributed by atoms with E-state index in [9.17, 15) is 0 Å². The molecule has 0 radical (unpaired) electrons. The van der Waals surface area contributed by atoms with Crippen molar-refractivity contribution in [1.82, 2.24) is 10.2 Å². The highest BCUT2D eigenvalue weighted by molar-refractivity contribution is 5.37. The molecule has 4 N–H and O–H groups in total. The van der Waals surface area contributed by atoms with Gasteiger partial charge >= 0.3 is 0 Å². The monoisotopic (exact) mass is 152 g/mol. The van der Waals surface area contributed by atoms with Crippen molar-refractivity contribution in [2.75, 3.05) is 5.32 Å². The van der Waals surface area contributed by atoms with Crippen molar-refractivity contribution >= 4 is 5.82 Å². The highest BCUT2D eigenvalue weighted by Crippen LogP contribution is 2.23. The minimum absolute atomic E-state index is 0.527. The zero-order valence-corrected chi connectivity index (χ0v) is 6.30. The Morgan fingerprint density at radius 3 is 3.09 bits per heavy atom. The summed E-state index contributed by atoms with van der Waals surface area (Å²) < 4.78 is 0. The third kappa shape index (κ3) is 1.51. The van der Waals surface area contributed by atoms with Crippen molar-refractivity contribution in [1.29, 1.82) is 0 Å². The number of H-pyrrole nitrogens is 1. The Morgan fingerprint density at radius 1 is 1.73 bits per heavy atom.